The summed E-state index contributed by atoms with van der Waals surface area (Å²) in [7, 11) is -4.02. The number of halogens is 1. The molecule has 0 aromatic heterocycles. The summed E-state index contributed by atoms with van der Waals surface area (Å²) in [6, 6.07) is 12.5. The third-order valence-corrected chi connectivity index (χ3v) is 6.20. The molecule has 2 aromatic carbocycles. The molecule has 1 saturated heterocycles. The zero-order valence-electron chi connectivity index (χ0n) is 14.7. The average molecular weight is 427 g/mol. The lowest BCUT2D eigenvalue weighted by Gasteiger charge is -2.35. The van der Waals surface area contributed by atoms with Gasteiger partial charge in [-0.05, 0) is 61.4 Å². The van der Waals surface area contributed by atoms with Gasteiger partial charge in [0.05, 0.1) is 4.90 Å². The van der Waals surface area contributed by atoms with Gasteiger partial charge in [-0.3, -0.25) is 10.0 Å². The molecule has 0 atom stereocenters. The number of amides is 1. The Balaban J connectivity index is 1.77. The molecule has 8 nitrogen and oxygen atoms in total. The van der Waals surface area contributed by atoms with Crippen LogP contribution in [0, 0.1) is 0 Å². The molecule has 150 valence electrons. The normalized spacial score (nSPS) is 16.4. The molecule has 0 saturated carbocycles. The highest BCUT2D eigenvalue weighted by atomic mass is 35.5. The maximum Gasteiger partial charge on any atom is 0.264 e. The van der Waals surface area contributed by atoms with E-state index in [2.05, 4.69) is 4.72 Å². The summed E-state index contributed by atoms with van der Waals surface area (Å²) < 4.78 is 38.8. The Morgan fingerprint density at radius 2 is 1.57 bits per heavy atom. The van der Waals surface area contributed by atoms with E-state index >= 15 is 0 Å². The first-order valence-corrected chi connectivity index (χ1v) is 10.3. The van der Waals surface area contributed by atoms with Crippen LogP contribution in [0.3, 0.4) is 0 Å². The molecule has 10 heteroatoms. The van der Waals surface area contributed by atoms with Gasteiger partial charge in [-0.1, -0.05) is 11.6 Å². The van der Waals surface area contributed by atoms with Crippen LogP contribution in [-0.4, -0.2) is 38.3 Å². The number of carbonyl (C=O) groups is 1. The van der Waals surface area contributed by atoms with Crippen LogP contribution in [0.2, 0.25) is 5.02 Å². The second-order valence-corrected chi connectivity index (χ2v) is 8.39. The molecule has 2 aromatic rings. The number of rotatable bonds is 6. The first-order valence-electron chi connectivity index (χ1n) is 8.44. The van der Waals surface area contributed by atoms with E-state index in [1.807, 2.05) is 0 Å². The van der Waals surface area contributed by atoms with E-state index in [1.54, 1.807) is 24.3 Å². The van der Waals surface area contributed by atoms with Crippen LogP contribution in [0.25, 0.3) is 0 Å². The number of sulfonamides is 1. The number of hydrogen-bond acceptors (Lipinski definition) is 6. The molecule has 3 rings (SSSR count). The molecule has 0 bridgehead atoms. The lowest BCUT2D eigenvalue weighted by atomic mass is 9.91. The quantitative estimate of drug-likeness (QED) is 0.483. The summed E-state index contributed by atoms with van der Waals surface area (Å²) in [5.74, 6) is 0.177. The fourth-order valence-corrected chi connectivity index (χ4v) is 4.39. The minimum atomic E-state index is -4.02. The van der Waals surface area contributed by atoms with Crippen molar-refractivity contribution in [2.24, 2.45) is 0 Å². The zero-order chi connectivity index (χ0) is 20.2. The Morgan fingerprint density at radius 1 is 1.04 bits per heavy atom. The second-order valence-electron chi connectivity index (χ2n) is 6.27. The van der Waals surface area contributed by atoms with Gasteiger partial charge in [-0.15, -0.1) is 0 Å². The van der Waals surface area contributed by atoms with Gasteiger partial charge in [-0.25, -0.2) is 13.9 Å². The number of ether oxygens (including phenoxy) is 2. The zero-order valence-corrected chi connectivity index (χ0v) is 16.3. The fourth-order valence-electron chi connectivity index (χ4n) is 2.84. The first kappa shape index (κ1) is 20.6. The van der Waals surface area contributed by atoms with Crippen molar-refractivity contribution in [3.8, 4) is 11.5 Å². The summed E-state index contributed by atoms with van der Waals surface area (Å²) in [6.45, 7) is 0.396. The maximum absolute atomic E-state index is 12.8. The smallest absolute Gasteiger partial charge is 0.264 e. The molecule has 3 N–H and O–H groups in total. The van der Waals surface area contributed by atoms with E-state index in [0.717, 1.165) is 0 Å². The van der Waals surface area contributed by atoms with Gasteiger partial charge in [0.15, 0.2) is 0 Å². The molecule has 0 aliphatic carbocycles. The third kappa shape index (κ3) is 4.62. The minimum Gasteiger partial charge on any atom is -0.457 e. The van der Waals surface area contributed by atoms with E-state index in [0.29, 0.717) is 16.5 Å². The summed E-state index contributed by atoms with van der Waals surface area (Å²) >= 11 is 5.83. The SMILES string of the molecule is O=C(NO)C1(NS(=O)(=O)c2ccc(Oc3ccc(Cl)cc3)cc2)CCOCC1. The van der Waals surface area contributed by atoms with Crippen molar-refractivity contribution in [1.29, 1.82) is 0 Å². The van der Waals surface area contributed by atoms with E-state index < -0.39 is 21.5 Å². The highest BCUT2D eigenvalue weighted by molar-refractivity contribution is 7.89. The van der Waals surface area contributed by atoms with Crippen molar-refractivity contribution >= 4 is 27.5 Å². The van der Waals surface area contributed by atoms with Gasteiger partial charge in [-0.2, -0.15) is 4.72 Å². The predicted octanol–water partition coefficient (Wildman–Crippen LogP) is 2.47. The van der Waals surface area contributed by atoms with E-state index in [-0.39, 0.29) is 31.0 Å². The van der Waals surface area contributed by atoms with Crippen molar-refractivity contribution < 1.29 is 27.9 Å². The molecular formula is C18H19ClN2O6S. The Hall–Kier alpha value is -2.17. The fraction of sp³-hybridized carbons (Fsp3) is 0.278. The lowest BCUT2D eigenvalue weighted by Crippen LogP contribution is -2.60. The standard InChI is InChI=1S/C18H19ClN2O6S/c19-13-1-3-14(4-2-13)27-15-5-7-16(8-6-15)28(24,25)21-18(17(22)20-23)9-11-26-12-10-18/h1-8,21,23H,9-12H2,(H,20,22). The van der Waals surface area contributed by atoms with Gasteiger partial charge < -0.3 is 9.47 Å². The Morgan fingerprint density at radius 3 is 2.11 bits per heavy atom. The first-order chi connectivity index (χ1) is 13.3. The number of hydrogen-bond donors (Lipinski definition) is 3. The topological polar surface area (TPSA) is 114 Å². The minimum absolute atomic E-state index is 0.0347. The Bertz CT molecular complexity index is 926. The average Bonchev–Trinajstić information content (AvgIpc) is 2.70. The van der Waals surface area contributed by atoms with Crippen LogP contribution in [0.15, 0.2) is 53.4 Å². The van der Waals surface area contributed by atoms with E-state index in [4.69, 9.17) is 26.3 Å². The summed E-state index contributed by atoms with van der Waals surface area (Å²) in [5.41, 5.74) is 0.0711. The molecule has 0 unspecified atom stereocenters. The molecular weight excluding hydrogens is 408 g/mol. The van der Waals surface area contributed by atoms with Crippen LogP contribution in [0.5, 0.6) is 11.5 Å². The molecule has 1 heterocycles. The lowest BCUT2D eigenvalue weighted by molar-refractivity contribution is -0.139. The molecule has 1 aliphatic rings. The Kier molecular flexibility index (Phi) is 6.21. The van der Waals surface area contributed by atoms with Crippen LogP contribution in [0.4, 0.5) is 0 Å². The summed E-state index contributed by atoms with van der Waals surface area (Å²) in [5, 5.41) is 9.59. The number of nitrogens with one attached hydrogen (secondary N) is 2. The number of hydroxylamine groups is 1. The Labute approximate surface area is 167 Å². The van der Waals surface area contributed by atoms with Gasteiger partial charge >= 0.3 is 0 Å². The predicted molar refractivity (Wildman–Crippen MR) is 101 cm³/mol. The summed E-state index contributed by atoms with van der Waals surface area (Å²) in [6.07, 6.45) is 0.215. The maximum atomic E-state index is 12.8. The molecule has 1 amide bonds. The van der Waals surface area contributed by atoms with Crippen LogP contribution >= 0.6 is 11.6 Å². The molecule has 28 heavy (non-hydrogen) atoms. The van der Waals surface area contributed by atoms with E-state index in [1.165, 1.54) is 29.7 Å². The van der Waals surface area contributed by atoms with Crippen molar-refractivity contribution in [3.05, 3.63) is 53.6 Å². The van der Waals surface area contributed by atoms with Crippen molar-refractivity contribution in [3.63, 3.8) is 0 Å². The van der Waals surface area contributed by atoms with Crippen LogP contribution < -0.4 is 14.9 Å². The molecule has 0 spiro atoms. The largest absolute Gasteiger partial charge is 0.457 e. The van der Waals surface area contributed by atoms with Gasteiger partial charge in [0.2, 0.25) is 10.0 Å². The van der Waals surface area contributed by atoms with Gasteiger partial charge in [0.1, 0.15) is 17.0 Å². The van der Waals surface area contributed by atoms with Crippen LogP contribution in [0.1, 0.15) is 12.8 Å². The number of benzene rings is 2. The highest BCUT2D eigenvalue weighted by Crippen LogP contribution is 2.27. The second kappa shape index (κ2) is 8.46. The monoisotopic (exact) mass is 426 g/mol. The molecule has 0 radical (unpaired) electrons. The van der Waals surface area contributed by atoms with Crippen molar-refractivity contribution in [2.45, 2.75) is 23.3 Å². The third-order valence-electron chi connectivity index (χ3n) is 4.40. The van der Waals surface area contributed by atoms with E-state index in [9.17, 15) is 13.2 Å². The van der Waals surface area contributed by atoms with Gasteiger partial charge in [0.25, 0.3) is 5.91 Å². The summed E-state index contributed by atoms with van der Waals surface area (Å²) in [4.78, 5) is 12.1. The molecule has 1 fully saturated rings. The number of carbonyl (C=O) groups excluding carboxylic acids is 1. The highest BCUT2D eigenvalue weighted by Gasteiger charge is 2.43. The van der Waals surface area contributed by atoms with Crippen LogP contribution in [-0.2, 0) is 19.6 Å². The van der Waals surface area contributed by atoms with Gasteiger partial charge in [0, 0.05) is 18.2 Å². The van der Waals surface area contributed by atoms with Crippen molar-refractivity contribution in [1.82, 2.24) is 10.2 Å². The van der Waals surface area contributed by atoms with Crippen molar-refractivity contribution in [2.75, 3.05) is 13.2 Å². The molecule has 1 aliphatic heterocycles.